The van der Waals surface area contributed by atoms with E-state index in [1.165, 1.54) is 12.8 Å². The number of nitrogens with zero attached hydrogens (tertiary/aromatic N) is 3. The first-order valence-electron chi connectivity index (χ1n) is 7.54. The number of aromatic nitrogens is 2. The number of fused-ring (bicyclic) bond motifs is 1. The van der Waals surface area contributed by atoms with Crippen LogP contribution in [0.15, 0.2) is 24.5 Å². The Balaban J connectivity index is 1.97. The van der Waals surface area contributed by atoms with E-state index < -0.39 is 5.97 Å². The van der Waals surface area contributed by atoms with Crippen molar-refractivity contribution in [2.45, 2.75) is 45.2 Å². The molecule has 112 valence electrons. The van der Waals surface area contributed by atoms with Gasteiger partial charge in [0.15, 0.2) is 0 Å². The van der Waals surface area contributed by atoms with Crippen LogP contribution in [0.5, 0.6) is 0 Å². The number of likely N-dealkylation sites (tertiary alicyclic amines) is 1. The molecule has 5 nitrogen and oxygen atoms in total. The van der Waals surface area contributed by atoms with E-state index in [2.05, 4.69) is 23.7 Å². The lowest BCUT2D eigenvalue weighted by Gasteiger charge is -2.37. The molecule has 1 N–H and O–H groups in total. The van der Waals surface area contributed by atoms with Crippen LogP contribution in [-0.2, 0) is 0 Å². The van der Waals surface area contributed by atoms with Gasteiger partial charge < -0.3 is 9.51 Å². The normalized spacial score (nSPS) is 20.2. The van der Waals surface area contributed by atoms with E-state index in [-0.39, 0.29) is 5.56 Å². The van der Waals surface area contributed by atoms with Crippen LogP contribution in [0.25, 0.3) is 5.65 Å². The Morgan fingerprint density at radius 3 is 2.95 bits per heavy atom. The summed E-state index contributed by atoms with van der Waals surface area (Å²) in [6.45, 7) is 5.55. The molecule has 0 radical (unpaired) electrons. The van der Waals surface area contributed by atoms with Crippen molar-refractivity contribution >= 4 is 11.6 Å². The van der Waals surface area contributed by atoms with E-state index in [4.69, 9.17) is 5.11 Å². The number of piperidine rings is 1. The Morgan fingerprint density at radius 1 is 1.43 bits per heavy atom. The number of hydrogen-bond donors (Lipinski definition) is 1. The third-order valence-electron chi connectivity index (χ3n) is 4.27. The van der Waals surface area contributed by atoms with Gasteiger partial charge in [-0.05, 0) is 45.4 Å². The van der Waals surface area contributed by atoms with Gasteiger partial charge in [-0.3, -0.25) is 4.90 Å². The highest BCUT2D eigenvalue weighted by atomic mass is 16.4. The summed E-state index contributed by atoms with van der Waals surface area (Å²) in [5.74, 6) is -0.913. The minimum absolute atomic E-state index is 0.281. The number of imidazole rings is 1. The second kappa shape index (κ2) is 5.48. The van der Waals surface area contributed by atoms with Crippen molar-refractivity contribution in [3.8, 4) is 0 Å². The molecule has 1 aliphatic heterocycles. The lowest BCUT2D eigenvalue weighted by atomic mass is 9.98. The van der Waals surface area contributed by atoms with Crippen LogP contribution in [0.1, 0.15) is 55.2 Å². The van der Waals surface area contributed by atoms with Crippen molar-refractivity contribution in [3.05, 3.63) is 35.8 Å². The third kappa shape index (κ3) is 2.65. The summed E-state index contributed by atoms with van der Waals surface area (Å²) in [7, 11) is 0. The summed E-state index contributed by atoms with van der Waals surface area (Å²) in [6, 6.07) is 4.08. The van der Waals surface area contributed by atoms with Crippen molar-refractivity contribution < 1.29 is 9.90 Å². The number of rotatable bonds is 3. The van der Waals surface area contributed by atoms with E-state index in [1.54, 1.807) is 18.3 Å². The number of hydrogen-bond acceptors (Lipinski definition) is 3. The van der Waals surface area contributed by atoms with Gasteiger partial charge in [-0.25, -0.2) is 9.78 Å². The predicted octanol–water partition coefficient (Wildman–Crippen LogP) is 2.97. The number of pyridine rings is 1. The fourth-order valence-corrected chi connectivity index (χ4v) is 3.18. The fourth-order valence-electron chi connectivity index (χ4n) is 3.18. The molecule has 0 aromatic carbocycles. The van der Waals surface area contributed by atoms with Gasteiger partial charge in [0.05, 0.1) is 17.3 Å². The van der Waals surface area contributed by atoms with Gasteiger partial charge in [-0.15, -0.1) is 0 Å². The Morgan fingerprint density at radius 2 is 2.24 bits per heavy atom. The van der Waals surface area contributed by atoms with Crippen LogP contribution in [0.2, 0.25) is 0 Å². The molecule has 0 amide bonds. The maximum atomic E-state index is 11.0. The van der Waals surface area contributed by atoms with E-state index >= 15 is 0 Å². The maximum Gasteiger partial charge on any atom is 0.335 e. The van der Waals surface area contributed by atoms with Crippen molar-refractivity contribution in [2.24, 2.45) is 0 Å². The monoisotopic (exact) mass is 287 g/mol. The van der Waals surface area contributed by atoms with Crippen LogP contribution >= 0.6 is 0 Å². The molecule has 2 aromatic rings. The number of aromatic carboxylic acids is 1. The molecule has 1 atom stereocenters. The molecule has 2 aromatic heterocycles. The quantitative estimate of drug-likeness (QED) is 0.943. The van der Waals surface area contributed by atoms with Crippen molar-refractivity contribution in [2.75, 3.05) is 6.54 Å². The zero-order chi connectivity index (χ0) is 15.0. The molecular formula is C16H21N3O2. The van der Waals surface area contributed by atoms with Gasteiger partial charge in [0.1, 0.15) is 5.65 Å². The Bertz CT molecular complexity index is 663. The van der Waals surface area contributed by atoms with Gasteiger partial charge in [0.25, 0.3) is 0 Å². The molecule has 0 bridgehead atoms. The molecular weight excluding hydrogens is 266 g/mol. The molecule has 1 saturated heterocycles. The summed E-state index contributed by atoms with van der Waals surface area (Å²) in [4.78, 5) is 18.2. The molecule has 1 unspecified atom stereocenters. The molecule has 0 spiro atoms. The Labute approximate surface area is 124 Å². The Kier molecular flexibility index (Phi) is 3.68. The van der Waals surface area contributed by atoms with Gasteiger partial charge >= 0.3 is 5.97 Å². The van der Waals surface area contributed by atoms with E-state index in [9.17, 15) is 4.79 Å². The van der Waals surface area contributed by atoms with Crippen LogP contribution in [0.4, 0.5) is 0 Å². The van der Waals surface area contributed by atoms with Crippen LogP contribution in [-0.4, -0.2) is 37.9 Å². The molecule has 3 rings (SSSR count). The third-order valence-corrected chi connectivity index (χ3v) is 4.27. The molecule has 21 heavy (non-hydrogen) atoms. The molecule has 0 saturated carbocycles. The molecule has 1 fully saturated rings. The number of carbonyl (C=O) groups is 1. The average molecular weight is 287 g/mol. The first-order valence-corrected chi connectivity index (χ1v) is 7.54. The molecule has 1 aliphatic rings. The SMILES string of the molecule is CC(C)N1CCCCC1c1cn2ccc(C(=O)O)cc2n1. The highest BCUT2D eigenvalue weighted by Gasteiger charge is 2.27. The minimum atomic E-state index is -0.913. The summed E-state index contributed by atoms with van der Waals surface area (Å²) >= 11 is 0. The van der Waals surface area contributed by atoms with Crippen LogP contribution in [0, 0.1) is 0 Å². The fraction of sp³-hybridized carbons (Fsp3) is 0.500. The zero-order valence-corrected chi connectivity index (χ0v) is 12.5. The lowest BCUT2D eigenvalue weighted by molar-refractivity contribution is 0.0697. The molecule has 5 heteroatoms. The standard InChI is InChI=1S/C16H21N3O2/c1-11(2)19-7-4-3-5-14(19)13-10-18-8-6-12(16(20)21)9-15(18)17-13/h6,8-11,14H,3-5,7H2,1-2H3,(H,20,21). The van der Waals surface area contributed by atoms with E-state index in [0.29, 0.717) is 17.7 Å². The lowest BCUT2D eigenvalue weighted by Crippen LogP contribution is -2.38. The summed E-state index contributed by atoms with van der Waals surface area (Å²) in [5, 5.41) is 9.07. The number of carboxylic acids is 1. The Hall–Kier alpha value is -1.88. The van der Waals surface area contributed by atoms with Crippen molar-refractivity contribution in [1.29, 1.82) is 0 Å². The van der Waals surface area contributed by atoms with Crippen LogP contribution in [0.3, 0.4) is 0 Å². The summed E-state index contributed by atoms with van der Waals surface area (Å²) in [6.07, 6.45) is 7.39. The second-order valence-electron chi connectivity index (χ2n) is 5.99. The van der Waals surface area contributed by atoms with E-state index in [0.717, 1.165) is 18.7 Å². The van der Waals surface area contributed by atoms with Crippen molar-refractivity contribution in [3.63, 3.8) is 0 Å². The predicted molar refractivity (Wildman–Crippen MR) is 80.6 cm³/mol. The highest BCUT2D eigenvalue weighted by molar-refractivity contribution is 5.88. The summed E-state index contributed by atoms with van der Waals surface area (Å²) < 4.78 is 1.91. The van der Waals surface area contributed by atoms with Crippen LogP contribution < -0.4 is 0 Å². The second-order valence-corrected chi connectivity index (χ2v) is 5.99. The topological polar surface area (TPSA) is 57.8 Å². The summed E-state index contributed by atoms with van der Waals surface area (Å²) in [5.41, 5.74) is 2.04. The van der Waals surface area contributed by atoms with Gasteiger partial charge in [0.2, 0.25) is 0 Å². The average Bonchev–Trinajstić information content (AvgIpc) is 2.89. The largest absolute Gasteiger partial charge is 0.478 e. The minimum Gasteiger partial charge on any atom is -0.478 e. The first kappa shape index (κ1) is 14.1. The van der Waals surface area contributed by atoms with E-state index in [1.807, 2.05) is 10.6 Å². The highest BCUT2D eigenvalue weighted by Crippen LogP contribution is 2.32. The van der Waals surface area contributed by atoms with Gasteiger partial charge in [0, 0.05) is 18.4 Å². The van der Waals surface area contributed by atoms with Gasteiger partial charge in [-0.2, -0.15) is 0 Å². The zero-order valence-electron chi connectivity index (χ0n) is 12.5. The molecule has 3 heterocycles. The molecule has 0 aliphatic carbocycles. The first-order chi connectivity index (χ1) is 10.1. The number of carboxylic acid groups (broad SMARTS) is 1. The maximum absolute atomic E-state index is 11.0. The van der Waals surface area contributed by atoms with Gasteiger partial charge in [-0.1, -0.05) is 6.42 Å². The van der Waals surface area contributed by atoms with Crippen molar-refractivity contribution in [1.82, 2.24) is 14.3 Å². The smallest absolute Gasteiger partial charge is 0.335 e.